The molecule has 1 aliphatic carbocycles. The highest BCUT2D eigenvalue weighted by atomic mass is 32.2. The van der Waals surface area contributed by atoms with Crippen molar-refractivity contribution in [1.82, 2.24) is 24.6 Å². The van der Waals surface area contributed by atoms with Gasteiger partial charge in [0.15, 0.2) is 5.65 Å². The number of benzene rings is 2. The van der Waals surface area contributed by atoms with Crippen LogP contribution in [0.2, 0.25) is 0 Å². The Morgan fingerprint density at radius 2 is 1.81 bits per heavy atom. The van der Waals surface area contributed by atoms with E-state index < -0.39 is 11.3 Å². The molecule has 0 N–H and O–H groups in total. The van der Waals surface area contributed by atoms with Gasteiger partial charge in [-0.2, -0.15) is 0 Å². The van der Waals surface area contributed by atoms with Gasteiger partial charge in [-0.25, -0.2) is 9.88 Å². The van der Waals surface area contributed by atoms with Crippen LogP contribution in [-0.4, -0.2) is 66.8 Å². The van der Waals surface area contributed by atoms with Crippen LogP contribution in [0.3, 0.4) is 0 Å². The monoisotopic (exact) mass is 586 g/mol. The topological polar surface area (TPSA) is 111 Å². The van der Waals surface area contributed by atoms with E-state index in [0.29, 0.717) is 34.2 Å². The van der Waals surface area contributed by atoms with E-state index in [2.05, 4.69) is 10.2 Å². The lowest BCUT2D eigenvalue weighted by Crippen LogP contribution is -2.53. The van der Waals surface area contributed by atoms with Crippen molar-refractivity contribution in [2.45, 2.75) is 74.4 Å². The molecule has 0 radical (unpaired) electrons. The molecule has 3 heterocycles. The highest BCUT2D eigenvalue weighted by Gasteiger charge is 2.47. The van der Waals surface area contributed by atoms with Crippen LogP contribution in [0.5, 0.6) is 5.75 Å². The molecule has 1 saturated carbocycles. The van der Waals surface area contributed by atoms with Gasteiger partial charge in [-0.1, -0.05) is 56.1 Å². The lowest BCUT2D eigenvalue weighted by atomic mass is 9.92. The van der Waals surface area contributed by atoms with Gasteiger partial charge in [0.25, 0.3) is 5.91 Å². The van der Waals surface area contributed by atoms with Gasteiger partial charge >= 0.3 is 0 Å². The summed E-state index contributed by atoms with van der Waals surface area (Å²) in [5.74, 6) is -0.190. The van der Waals surface area contributed by atoms with Crippen LogP contribution in [-0.2, 0) is 21.4 Å². The first kappa shape index (κ1) is 28.1. The maximum absolute atomic E-state index is 14.3. The molecule has 10 nitrogen and oxygen atoms in total. The molecule has 3 amide bonds. The second-order valence-corrected chi connectivity index (χ2v) is 12.1. The molecular weight excluding hydrogens is 552 g/mol. The second-order valence-electron chi connectivity index (χ2n) is 10.9. The summed E-state index contributed by atoms with van der Waals surface area (Å²) in [5.41, 5.74) is 2.91. The molecule has 6 rings (SSSR count). The average molecular weight is 587 g/mol. The van der Waals surface area contributed by atoms with Gasteiger partial charge < -0.3 is 14.2 Å². The molecule has 11 heteroatoms. The Morgan fingerprint density at radius 3 is 2.52 bits per heavy atom. The predicted molar refractivity (Wildman–Crippen MR) is 161 cm³/mol. The molecule has 2 aliphatic rings. The number of imide groups is 1. The van der Waals surface area contributed by atoms with Crippen LogP contribution in [0.4, 0.5) is 5.69 Å². The number of carbonyl (C=O) groups excluding carboxylic acids is 3. The number of aromatic nitrogens is 4. The number of nitrogens with zero attached hydrogens (tertiary/aromatic N) is 6. The van der Waals surface area contributed by atoms with Crippen LogP contribution in [0.25, 0.3) is 22.1 Å². The normalized spacial score (nSPS) is 18.6. The van der Waals surface area contributed by atoms with Gasteiger partial charge in [0.2, 0.25) is 17.0 Å². The summed E-state index contributed by atoms with van der Waals surface area (Å²) in [5, 5.41) is 9.71. The number of methoxy groups -OCH3 is 1. The fraction of sp³-hybridized carbons (Fsp3) is 0.419. The third-order valence-corrected chi connectivity index (χ3v) is 9.60. The van der Waals surface area contributed by atoms with Crippen molar-refractivity contribution in [3.63, 3.8) is 0 Å². The molecule has 0 bridgehead atoms. The minimum Gasteiger partial charge on any atom is -0.497 e. The number of para-hydroxylation sites is 1. The maximum Gasteiger partial charge on any atom is 0.257 e. The van der Waals surface area contributed by atoms with Crippen LogP contribution in [0.1, 0.15) is 51.9 Å². The van der Waals surface area contributed by atoms with E-state index >= 15 is 0 Å². The van der Waals surface area contributed by atoms with Crippen molar-refractivity contribution in [1.29, 1.82) is 0 Å². The molecule has 0 spiro atoms. The van der Waals surface area contributed by atoms with E-state index in [4.69, 9.17) is 9.72 Å². The largest absolute Gasteiger partial charge is 0.497 e. The Hall–Kier alpha value is -3.99. The first-order valence-electron chi connectivity index (χ1n) is 14.5. The zero-order valence-electron chi connectivity index (χ0n) is 24.0. The Balaban J connectivity index is 1.29. The second kappa shape index (κ2) is 11.7. The molecule has 42 heavy (non-hydrogen) atoms. The highest BCUT2D eigenvalue weighted by Crippen LogP contribution is 2.35. The third-order valence-electron chi connectivity index (χ3n) is 8.39. The zero-order chi connectivity index (χ0) is 29.4. The van der Waals surface area contributed by atoms with E-state index in [1.54, 1.807) is 36.3 Å². The van der Waals surface area contributed by atoms with Gasteiger partial charge in [0, 0.05) is 18.5 Å². The highest BCUT2D eigenvalue weighted by molar-refractivity contribution is 8.00. The Morgan fingerprint density at radius 1 is 1.07 bits per heavy atom. The summed E-state index contributed by atoms with van der Waals surface area (Å²) in [6.07, 6.45) is 5.18. The van der Waals surface area contributed by atoms with Crippen molar-refractivity contribution in [3.05, 3.63) is 48.5 Å². The summed E-state index contributed by atoms with van der Waals surface area (Å²) in [6.45, 7) is 1.95. The van der Waals surface area contributed by atoms with Gasteiger partial charge in [-0.15, -0.1) is 10.2 Å². The average Bonchev–Trinajstić information content (AvgIpc) is 3.48. The molecule has 1 aliphatic heterocycles. The van der Waals surface area contributed by atoms with Gasteiger partial charge in [0.1, 0.15) is 17.3 Å². The number of rotatable bonds is 8. The molecule has 2 aromatic heterocycles. The number of aryl methyl sites for hydroxylation is 1. The third kappa shape index (κ3) is 4.99. The summed E-state index contributed by atoms with van der Waals surface area (Å²) >= 11 is 1.27. The first-order valence-corrected chi connectivity index (χ1v) is 15.4. The fourth-order valence-corrected chi connectivity index (χ4v) is 7.10. The first-order chi connectivity index (χ1) is 20.4. The van der Waals surface area contributed by atoms with Crippen LogP contribution < -0.4 is 9.64 Å². The van der Waals surface area contributed by atoms with Crippen molar-refractivity contribution in [3.8, 4) is 5.75 Å². The van der Waals surface area contributed by atoms with Gasteiger partial charge in [0.05, 0.1) is 30.0 Å². The number of anilines is 1. The van der Waals surface area contributed by atoms with E-state index in [9.17, 15) is 14.4 Å². The Labute approximate surface area is 248 Å². The predicted octanol–water partition coefficient (Wildman–Crippen LogP) is 4.89. The van der Waals surface area contributed by atoms with Gasteiger partial charge in [-0.05, 0) is 49.6 Å². The molecule has 2 fully saturated rings. The number of hydrogen-bond acceptors (Lipinski definition) is 8. The van der Waals surface area contributed by atoms with E-state index in [0.717, 1.165) is 43.0 Å². The smallest absolute Gasteiger partial charge is 0.257 e. The Kier molecular flexibility index (Phi) is 7.85. The number of ether oxygens (including phenoxy) is 1. The van der Waals surface area contributed by atoms with Crippen molar-refractivity contribution in [2.24, 2.45) is 7.05 Å². The SMILES string of the molecule is CCC(Sc1nnc2c3ccccc3n(C)c2n1)C(=O)N(C1CCCCC1)C1CC(=O)N(c2ccc(OC)cc2)C1=O. The number of carbonyl (C=O) groups is 3. The fourth-order valence-electron chi connectivity index (χ4n) is 6.23. The van der Waals surface area contributed by atoms with Crippen molar-refractivity contribution in [2.75, 3.05) is 12.0 Å². The summed E-state index contributed by atoms with van der Waals surface area (Å²) in [7, 11) is 3.51. The summed E-state index contributed by atoms with van der Waals surface area (Å²) in [4.78, 5) is 49.1. The molecule has 218 valence electrons. The van der Waals surface area contributed by atoms with E-state index in [-0.39, 0.29) is 30.2 Å². The van der Waals surface area contributed by atoms with Crippen molar-refractivity contribution >= 4 is 57.2 Å². The summed E-state index contributed by atoms with van der Waals surface area (Å²) < 4.78 is 7.21. The molecule has 2 atom stereocenters. The number of fused-ring (bicyclic) bond motifs is 3. The lowest BCUT2D eigenvalue weighted by Gasteiger charge is -2.39. The maximum atomic E-state index is 14.3. The van der Waals surface area contributed by atoms with Crippen LogP contribution in [0, 0.1) is 0 Å². The molecule has 4 aromatic rings. The number of thioether (sulfide) groups is 1. The number of hydrogen-bond donors (Lipinski definition) is 0. The Bertz CT molecular complexity index is 1650. The van der Waals surface area contributed by atoms with E-state index in [1.807, 2.05) is 42.8 Å². The van der Waals surface area contributed by atoms with Crippen molar-refractivity contribution < 1.29 is 19.1 Å². The lowest BCUT2D eigenvalue weighted by molar-refractivity contribution is -0.141. The minimum atomic E-state index is -0.843. The molecular formula is C31H34N6O4S. The number of amides is 3. The standard InChI is InChI=1S/C31H34N6O4S/c1-4-25(42-31-32-28-27(33-34-31)22-12-8-9-13-23(22)35(28)2)30(40)36(19-10-6-5-7-11-19)24-18-26(38)37(29(24)39)20-14-16-21(41-3)17-15-20/h8-9,12-17,19,24-25H,4-7,10-11,18H2,1-3H3. The minimum absolute atomic E-state index is 0.0336. The van der Waals surface area contributed by atoms with Crippen LogP contribution >= 0.6 is 11.8 Å². The van der Waals surface area contributed by atoms with Crippen LogP contribution in [0.15, 0.2) is 53.7 Å². The summed E-state index contributed by atoms with van der Waals surface area (Å²) in [6, 6.07) is 13.8. The molecule has 1 saturated heterocycles. The van der Waals surface area contributed by atoms with Gasteiger partial charge in [-0.3, -0.25) is 14.4 Å². The zero-order valence-corrected chi connectivity index (χ0v) is 24.8. The molecule has 2 unspecified atom stereocenters. The molecule has 2 aromatic carbocycles. The quantitative estimate of drug-likeness (QED) is 0.212. The van der Waals surface area contributed by atoms with E-state index in [1.165, 1.54) is 16.7 Å².